The van der Waals surface area contributed by atoms with E-state index in [9.17, 15) is 5.11 Å². The van der Waals surface area contributed by atoms with Crippen LogP contribution in [0.2, 0.25) is 0 Å². The molecule has 0 aliphatic heterocycles. The molecular weight excluding hydrogens is 190 g/mol. The highest BCUT2D eigenvalue weighted by molar-refractivity contribution is 5.34. The fourth-order valence-electron chi connectivity index (χ4n) is 3.17. The van der Waals surface area contributed by atoms with Crippen molar-refractivity contribution >= 4 is 0 Å². The zero-order valence-corrected chi connectivity index (χ0v) is 8.83. The standard InChI is InChI=1S/C12H17NO2/c13-7-6-12(14)9-2-8-15-10(9)1-3-11(12)4-5-11/h2,8,14H,1,3-7,13H2. The molecule has 1 atom stereocenters. The maximum absolute atomic E-state index is 10.9. The van der Waals surface area contributed by atoms with Crippen molar-refractivity contribution in [2.45, 2.75) is 37.7 Å². The van der Waals surface area contributed by atoms with Crippen LogP contribution in [0.15, 0.2) is 16.7 Å². The molecule has 1 unspecified atom stereocenters. The van der Waals surface area contributed by atoms with Gasteiger partial charge in [0.15, 0.2) is 0 Å². The van der Waals surface area contributed by atoms with E-state index in [-0.39, 0.29) is 5.41 Å². The van der Waals surface area contributed by atoms with Crippen LogP contribution in [0.1, 0.15) is 37.0 Å². The predicted molar refractivity (Wildman–Crippen MR) is 56.3 cm³/mol. The lowest BCUT2D eigenvalue weighted by molar-refractivity contribution is -0.0578. The number of fused-ring (bicyclic) bond motifs is 1. The Bertz CT molecular complexity index is 381. The molecule has 82 valence electrons. The van der Waals surface area contributed by atoms with Crippen LogP contribution < -0.4 is 5.73 Å². The van der Waals surface area contributed by atoms with Gasteiger partial charge in [0, 0.05) is 17.4 Å². The van der Waals surface area contributed by atoms with E-state index in [1.165, 1.54) is 0 Å². The lowest BCUT2D eigenvalue weighted by Gasteiger charge is -2.40. The van der Waals surface area contributed by atoms with E-state index >= 15 is 0 Å². The van der Waals surface area contributed by atoms with E-state index in [1.54, 1.807) is 6.26 Å². The summed E-state index contributed by atoms with van der Waals surface area (Å²) in [6.07, 6.45) is 6.62. The minimum Gasteiger partial charge on any atom is -0.469 e. The molecule has 1 spiro atoms. The second-order valence-corrected chi connectivity index (χ2v) is 4.94. The van der Waals surface area contributed by atoms with E-state index in [1.807, 2.05) is 6.07 Å². The third-order valence-electron chi connectivity index (χ3n) is 4.26. The number of aliphatic hydroxyl groups is 1. The van der Waals surface area contributed by atoms with E-state index in [4.69, 9.17) is 10.2 Å². The molecule has 0 amide bonds. The molecule has 1 aromatic rings. The van der Waals surface area contributed by atoms with Crippen molar-refractivity contribution in [3.8, 4) is 0 Å². The molecule has 3 nitrogen and oxygen atoms in total. The molecule has 3 rings (SSSR count). The zero-order chi connectivity index (χ0) is 10.5. The maximum atomic E-state index is 10.9. The summed E-state index contributed by atoms with van der Waals surface area (Å²) in [5.41, 5.74) is 6.02. The van der Waals surface area contributed by atoms with Gasteiger partial charge in [0.1, 0.15) is 5.76 Å². The zero-order valence-electron chi connectivity index (χ0n) is 8.83. The van der Waals surface area contributed by atoms with Gasteiger partial charge < -0.3 is 15.3 Å². The third-order valence-corrected chi connectivity index (χ3v) is 4.26. The van der Waals surface area contributed by atoms with Gasteiger partial charge in [0.2, 0.25) is 0 Å². The summed E-state index contributed by atoms with van der Waals surface area (Å²) in [5.74, 6) is 0.962. The highest BCUT2D eigenvalue weighted by Gasteiger charge is 2.61. The van der Waals surface area contributed by atoms with Gasteiger partial charge in [-0.05, 0) is 38.3 Å². The number of hydrogen-bond donors (Lipinski definition) is 2. The molecule has 3 heteroatoms. The van der Waals surface area contributed by atoms with Crippen LogP contribution >= 0.6 is 0 Å². The molecule has 0 bridgehead atoms. The molecule has 1 heterocycles. The lowest BCUT2D eigenvalue weighted by atomic mass is 9.69. The fourth-order valence-corrected chi connectivity index (χ4v) is 3.17. The van der Waals surface area contributed by atoms with Gasteiger partial charge in [-0.1, -0.05) is 0 Å². The van der Waals surface area contributed by atoms with Gasteiger partial charge >= 0.3 is 0 Å². The van der Waals surface area contributed by atoms with E-state index in [0.717, 1.165) is 37.0 Å². The average Bonchev–Trinajstić information content (AvgIpc) is 2.84. The van der Waals surface area contributed by atoms with Crippen molar-refractivity contribution in [3.63, 3.8) is 0 Å². The summed E-state index contributed by atoms with van der Waals surface area (Å²) in [4.78, 5) is 0. The quantitative estimate of drug-likeness (QED) is 0.773. The smallest absolute Gasteiger partial charge is 0.109 e. The lowest BCUT2D eigenvalue weighted by Crippen LogP contribution is -2.42. The highest BCUT2D eigenvalue weighted by atomic mass is 16.3. The summed E-state index contributed by atoms with van der Waals surface area (Å²) in [6, 6.07) is 1.92. The van der Waals surface area contributed by atoms with Crippen LogP contribution in [-0.2, 0) is 12.0 Å². The summed E-state index contributed by atoms with van der Waals surface area (Å²) >= 11 is 0. The van der Waals surface area contributed by atoms with Gasteiger partial charge in [-0.15, -0.1) is 0 Å². The Morgan fingerprint density at radius 1 is 1.40 bits per heavy atom. The number of nitrogens with two attached hydrogens (primary N) is 1. The molecule has 1 saturated carbocycles. The van der Waals surface area contributed by atoms with E-state index in [2.05, 4.69) is 0 Å². The summed E-state index contributed by atoms with van der Waals surface area (Å²) in [7, 11) is 0. The van der Waals surface area contributed by atoms with Gasteiger partial charge in [-0.3, -0.25) is 0 Å². The Morgan fingerprint density at radius 3 is 2.87 bits per heavy atom. The van der Waals surface area contributed by atoms with Crippen LogP contribution in [0.5, 0.6) is 0 Å². The SMILES string of the molecule is NCCC1(O)c2ccoc2CCC12CC2. The van der Waals surface area contributed by atoms with Crippen LogP contribution in [0.4, 0.5) is 0 Å². The van der Waals surface area contributed by atoms with Crippen LogP contribution in [-0.4, -0.2) is 11.7 Å². The van der Waals surface area contributed by atoms with E-state index in [0.29, 0.717) is 13.0 Å². The van der Waals surface area contributed by atoms with Crippen molar-refractivity contribution in [2.24, 2.45) is 11.1 Å². The molecule has 0 radical (unpaired) electrons. The molecule has 1 aromatic heterocycles. The normalized spacial score (nSPS) is 31.6. The minimum absolute atomic E-state index is 0.114. The largest absolute Gasteiger partial charge is 0.469 e. The van der Waals surface area contributed by atoms with Crippen molar-refractivity contribution in [1.29, 1.82) is 0 Å². The number of hydrogen-bond acceptors (Lipinski definition) is 3. The summed E-state index contributed by atoms with van der Waals surface area (Å²) < 4.78 is 5.42. The molecular formula is C12H17NO2. The van der Waals surface area contributed by atoms with Crippen molar-refractivity contribution in [3.05, 3.63) is 23.7 Å². The Hall–Kier alpha value is -0.800. The van der Waals surface area contributed by atoms with Gasteiger partial charge in [0.05, 0.1) is 11.9 Å². The maximum Gasteiger partial charge on any atom is 0.109 e. The number of aryl methyl sites for hydroxylation is 1. The van der Waals surface area contributed by atoms with Crippen LogP contribution in [0.3, 0.4) is 0 Å². The minimum atomic E-state index is -0.720. The van der Waals surface area contributed by atoms with Crippen molar-refractivity contribution in [2.75, 3.05) is 6.54 Å². The van der Waals surface area contributed by atoms with Crippen LogP contribution in [0, 0.1) is 5.41 Å². The first kappa shape index (κ1) is 9.43. The Morgan fingerprint density at radius 2 is 2.20 bits per heavy atom. The Labute approximate surface area is 89.3 Å². The molecule has 3 N–H and O–H groups in total. The van der Waals surface area contributed by atoms with Gasteiger partial charge in [0.25, 0.3) is 0 Å². The second-order valence-electron chi connectivity index (χ2n) is 4.94. The first-order chi connectivity index (χ1) is 7.22. The molecule has 15 heavy (non-hydrogen) atoms. The van der Waals surface area contributed by atoms with Crippen molar-refractivity contribution < 1.29 is 9.52 Å². The third kappa shape index (κ3) is 1.08. The fraction of sp³-hybridized carbons (Fsp3) is 0.667. The Kier molecular flexibility index (Phi) is 1.80. The predicted octanol–water partition coefficient (Wildman–Crippen LogP) is 1.54. The first-order valence-electron chi connectivity index (χ1n) is 5.71. The number of rotatable bonds is 2. The molecule has 2 aliphatic carbocycles. The average molecular weight is 207 g/mol. The topological polar surface area (TPSA) is 59.4 Å². The molecule has 1 fully saturated rings. The first-order valence-corrected chi connectivity index (χ1v) is 5.71. The second kappa shape index (κ2) is 2.86. The molecule has 0 aromatic carbocycles. The highest BCUT2D eigenvalue weighted by Crippen LogP contribution is 2.65. The van der Waals surface area contributed by atoms with E-state index < -0.39 is 5.60 Å². The molecule has 0 saturated heterocycles. The number of furan rings is 1. The van der Waals surface area contributed by atoms with Crippen LogP contribution in [0.25, 0.3) is 0 Å². The summed E-state index contributed by atoms with van der Waals surface area (Å²) in [6.45, 7) is 0.531. The monoisotopic (exact) mass is 207 g/mol. The Balaban J connectivity index is 2.08. The van der Waals surface area contributed by atoms with Gasteiger partial charge in [-0.2, -0.15) is 0 Å². The molecule has 2 aliphatic rings. The van der Waals surface area contributed by atoms with Gasteiger partial charge in [-0.25, -0.2) is 0 Å². The van der Waals surface area contributed by atoms with Crippen molar-refractivity contribution in [1.82, 2.24) is 0 Å². The summed E-state index contributed by atoms with van der Waals surface area (Å²) in [5, 5.41) is 10.9.